The van der Waals surface area contributed by atoms with E-state index in [0.29, 0.717) is 22.2 Å². The molecule has 0 spiro atoms. The summed E-state index contributed by atoms with van der Waals surface area (Å²) in [5.74, 6) is -0.911. The molecule has 0 atom stereocenters. The number of hydrogen-bond donors (Lipinski definition) is 1. The van der Waals surface area contributed by atoms with Crippen LogP contribution in [0.1, 0.15) is 15.4 Å². The van der Waals surface area contributed by atoms with Gasteiger partial charge in [0, 0.05) is 5.02 Å². The first kappa shape index (κ1) is 19.8. The van der Waals surface area contributed by atoms with E-state index in [1.165, 1.54) is 11.0 Å². The van der Waals surface area contributed by atoms with Gasteiger partial charge in [0.1, 0.15) is 23.8 Å². The quantitative estimate of drug-likeness (QED) is 0.569. The average molecular weight is 422 g/mol. The number of carbonyl (C=O) groups is 3. The molecule has 1 aromatic heterocycles. The van der Waals surface area contributed by atoms with Gasteiger partial charge in [0.2, 0.25) is 5.91 Å². The van der Waals surface area contributed by atoms with Crippen LogP contribution in [0.4, 0.5) is 10.8 Å². The van der Waals surface area contributed by atoms with E-state index in [1.54, 1.807) is 25.1 Å². The zero-order valence-corrected chi connectivity index (χ0v) is 16.4. The number of amides is 2. The summed E-state index contributed by atoms with van der Waals surface area (Å²) >= 11 is 6.99. The molecule has 10 heteroatoms. The maximum absolute atomic E-state index is 12.4. The number of ether oxygens (including phenoxy) is 2. The minimum Gasteiger partial charge on any atom is -0.482 e. The number of anilines is 2. The van der Waals surface area contributed by atoms with Crippen LogP contribution in [0.3, 0.4) is 0 Å². The van der Waals surface area contributed by atoms with Gasteiger partial charge in [-0.05, 0) is 25.1 Å². The van der Waals surface area contributed by atoms with Crippen LogP contribution in [0.25, 0.3) is 0 Å². The Hall–Kier alpha value is -2.91. The van der Waals surface area contributed by atoms with Crippen LogP contribution in [0, 0.1) is 6.92 Å². The predicted molar refractivity (Wildman–Crippen MR) is 105 cm³/mol. The molecule has 146 valence electrons. The second-order valence-electron chi connectivity index (χ2n) is 5.75. The van der Waals surface area contributed by atoms with Crippen molar-refractivity contribution < 1.29 is 23.9 Å². The number of nitrogens with zero attached hydrogens (tertiary/aromatic N) is 2. The molecular weight excluding hydrogens is 406 g/mol. The van der Waals surface area contributed by atoms with Gasteiger partial charge in [0.25, 0.3) is 5.91 Å². The Morgan fingerprint density at radius 1 is 1.50 bits per heavy atom. The zero-order valence-electron chi connectivity index (χ0n) is 14.9. The summed E-state index contributed by atoms with van der Waals surface area (Å²) in [5.41, 5.74) is 0.858. The van der Waals surface area contributed by atoms with Crippen molar-refractivity contribution in [3.8, 4) is 5.75 Å². The largest absolute Gasteiger partial charge is 0.482 e. The molecule has 0 saturated heterocycles. The highest BCUT2D eigenvalue weighted by molar-refractivity contribution is 7.17. The average Bonchev–Trinajstić information content (AvgIpc) is 3.02. The number of halogens is 1. The molecular formula is C18H16ClN3O5S. The van der Waals surface area contributed by atoms with E-state index in [0.717, 1.165) is 11.3 Å². The van der Waals surface area contributed by atoms with E-state index >= 15 is 0 Å². The number of fused-ring (bicyclic) bond motifs is 1. The normalized spacial score (nSPS) is 12.8. The number of hydrogen-bond acceptors (Lipinski definition) is 7. The van der Waals surface area contributed by atoms with Crippen LogP contribution in [0.5, 0.6) is 5.75 Å². The molecule has 0 aliphatic carbocycles. The predicted octanol–water partition coefficient (Wildman–Crippen LogP) is 2.81. The van der Waals surface area contributed by atoms with E-state index in [1.807, 2.05) is 0 Å². The van der Waals surface area contributed by atoms with E-state index in [-0.39, 0.29) is 35.7 Å². The number of thiazole rings is 1. The maximum atomic E-state index is 12.4. The Morgan fingerprint density at radius 2 is 2.29 bits per heavy atom. The molecule has 1 aromatic carbocycles. The van der Waals surface area contributed by atoms with Crippen LogP contribution in [-0.4, -0.2) is 42.5 Å². The molecule has 1 aliphatic heterocycles. The number of esters is 1. The first-order valence-corrected chi connectivity index (χ1v) is 9.36. The van der Waals surface area contributed by atoms with Gasteiger partial charge in [-0.15, -0.1) is 0 Å². The molecule has 0 saturated carbocycles. The van der Waals surface area contributed by atoms with Crippen molar-refractivity contribution in [2.24, 2.45) is 0 Å². The molecule has 0 radical (unpaired) electrons. The zero-order chi connectivity index (χ0) is 20.3. The highest BCUT2D eigenvalue weighted by Gasteiger charge is 2.28. The third-order valence-corrected chi connectivity index (χ3v) is 5.01. The molecule has 0 bridgehead atoms. The lowest BCUT2D eigenvalue weighted by molar-refractivity contribution is -0.123. The number of aryl methyl sites for hydroxylation is 1. The molecule has 3 rings (SSSR count). The van der Waals surface area contributed by atoms with Gasteiger partial charge in [-0.25, -0.2) is 9.78 Å². The molecule has 8 nitrogen and oxygen atoms in total. The van der Waals surface area contributed by atoms with Crippen molar-refractivity contribution in [1.82, 2.24) is 4.98 Å². The van der Waals surface area contributed by atoms with Crippen molar-refractivity contribution >= 4 is 51.5 Å². The van der Waals surface area contributed by atoms with Gasteiger partial charge in [-0.2, -0.15) is 0 Å². The first-order chi connectivity index (χ1) is 13.4. The summed E-state index contributed by atoms with van der Waals surface area (Å²) in [4.78, 5) is 42.3. The van der Waals surface area contributed by atoms with Crippen molar-refractivity contribution in [1.29, 1.82) is 0 Å². The molecule has 2 aromatic rings. The van der Waals surface area contributed by atoms with Gasteiger partial charge < -0.3 is 14.8 Å². The van der Waals surface area contributed by atoms with Crippen LogP contribution in [-0.2, 0) is 14.3 Å². The Balaban J connectivity index is 1.71. The summed E-state index contributed by atoms with van der Waals surface area (Å²) in [6, 6.07) is 4.84. The number of rotatable bonds is 6. The molecule has 2 amide bonds. The molecule has 0 unspecified atom stereocenters. The van der Waals surface area contributed by atoms with E-state index in [9.17, 15) is 14.4 Å². The second kappa shape index (κ2) is 8.41. The summed E-state index contributed by atoms with van der Waals surface area (Å²) < 4.78 is 10.3. The Kier molecular flexibility index (Phi) is 5.96. The summed E-state index contributed by atoms with van der Waals surface area (Å²) in [7, 11) is 0. The van der Waals surface area contributed by atoms with Crippen LogP contribution >= 0.6 is 22.9 Å². The van der Waals surface area contributed by atoms with E-state index in [4.69, 9.17) is 21.1 Å². The fraction of sp³-hybridized carbons (Fsp3) is 0.222. The molecule has 0 fully saturated rings. The third kappa shape index (κ3) is 4.32. The summed E-state index contributed by atoms with van der Waals surface area (Å²) in [6.07, 6.45) is 1.46. The standard InChI is InChI=1S/C18H16ClN3O5S/c1-3-6-26-17(25)16-10(2)20-18(28-16)21-14(23)8-22-12-7-11(19)4-5-13(12)27-9-15(22)24/h3-5,7H,1,6,8-9H2,2H3,(H,20,21,23). The highest BCUT2D eigenvalue weighted by Crippen LogP contribution is 2.34. The smallest absolute Gasteiger partial charge is 0.350 e. The van der Waals surface area contributed by atoms with Crippen LogP contribution < -0.4 is 15.0 Å². The molecule has 28 heavy (non-hydrogen) atoms. The van der Waals surface area contributed by atoms with Crippen molar-refractivity contribution in [3.05, 3.63) is 46.4 Å². The lowest BCUT2D eigenvalue weighted by Gasteiger charge is -2.28. The summed E-state index contributed by atoms with van der Waals surface area (Å²) in [6.45, 7) is 4.79. The molecule has 1 N–H and O–H groups in total. The Morgan fingerprint density at radius 3 is 3.04 bits per heavy atom. The Bertz CT molecular complexity index is 959. The second-order valence-corrected chi connectivity index (χ2v) is 7.18. The topological polar surface area (TPSA) is 97.8 Å². The van der Waals surface area contributed by atoms with Crippen molar-refractivity contribution in [2.45, 2.75) is 6.92 Å². The Labute approximate surface area is 169 Å². The SMILES string of the molecule is C=CCOC(=O)c1sc(NC(=O)CN2C(=O)COc3ccc(Cl)cc32)nc1C. The van der Waals surface area contributed by atoms with Crippen LogP contribution in [0.2, 0.25) is 5.02 Å². The lowest BCUT2D eigenvalue weighted by atomic mass is 10.2. The van der Waals surface area contributed by atoms with Crippen LogP contribution in [0.15, 0.2) is 30.9 Å². The molecule has 1 aliphatic rings. The number of aromatic nitrogens is 1. The monoisotopic (exact) mass is 421 g/mol. The fourth-order valence-corrected chi connectivity index (χ4v) is 3.53. The van der Waals surface area contributed by atoms with Gasteiger partial charge in [0.05, 0.1) is 11.4 Å². The summed E-state index contributed by atoms with van der Waals surface area (Å²) in [5, 5.41) is 3.25. The van der Waals surface area contributed by atoms with Gasteiger partial charge >= 0.3 is 5.97 Å². The van der Waals surface area contributed by atoms with E-state index in [2.05, 4.69) is 16.9 Å². The number of nitrogens with one attached hydrogen (secondary N) is 1. The van der Waals surface area contributed by atoms with Gasteiger partial charge in [-0.3, -0.25) is 14.5 Å². The third-order valence-electron chi connectivity index (χ3n) is 3.73. The number of carbonyl (C=O) groups excluding carboxylic acids is 3. The molecule has 2 heterocycles. The lowest BCUT2D eigenvalue weighted by Crippen LogP contribution is -2.43. The number of benzene rings is 1. The minimum atomic E-state index is -0.540. The fourth-order valence-electron chi connectivity index (χ4n) is 2.49. The maximum Gasteiger partial charge on any atom is 0.350 e. The first-order valence-electron chi connectivity index (χ1n) is 8.17. The van der Waals surface area contributed by atoms with Gasteiger partial charge in [-0.1, -0.05) is 35.6 Å². The highest BCUT2D eigenvalue weighted by atomic mass is 35.5. The van der Waals surface area contributed by atoms with Crippen molar-refractivity contribution in [3.63, 3.8) is 0 Å². The van der Waals surface area contributed by atoms with Gasteiger partial charge in [0.15, 0.2) is 11.7 Å². The van der Waals surface area contributed by atoms with E-state index < -0.39 is 11.9 Å². The van der Waals surface area contributed by atoms with Crippen molar-refractivity contribution in [2.75, 3.05) is 30.0 Å². The minimum absolute atomic E-state index is 0.0823.